The van der Waals surface area contributed by atoms with Crippen LogP contribution in [0.1, 0.15) is 33.6 Å². The van der Waals surface area contributed by atoms with Crippen LogP contribution in [-0.4, -0.2) is 58.6 Å². The molecule has 2 aliphatic rings. The van der Waals surface area contributed by atoms with Gasteiger partial charge in [-0.25, -0.2) is 0 Å². The maximum absolute atomic E-state index is 13.1. The van der Waals surface area contributed by atoms with Gasteiger partial charge in [0.15, 0.2) is 0 Å². The Hall–Kier alpha value is -3.88. The Morgan fingerprint density at radius 1 is 0.973 bits per heavy atom. The number of nitrogens with zero attached hydrogens (tertiary/aromatic N) is 2. The number of amides is 3. The van der Waals surface area contributed by atoms with Crippen LogP contribution < -0.4 is 5.32 Å². The topological polar surface area (TPSA) is 101 Å². The highest BCUT2D eigenvalue weighted by Crippen LogP contribution is 2.42. The summed E-state index contributed by atoms with van der Waals surface area (Å²) >= 11 is 6.52. The zero-order valence-corrected chi connectivity index (χ0v) is 20.7. The Balaban J connectivity index is 1.51. The molecule has 37 heavy (non-hydrogen) atoms. The first-order valence-corrected chi connectivity index (χ1v) is 12.6. The molecule has 0 radical (unpaired) electrons. The molecular formula is C28H24ClN3O5. The highest BCUT2D eigenvalue weighted by Gasteiger charge is 2.35. The number of carbonyl (C=O) groups excluding carboxylic acids is 3. The molecule has 0 spiro atoms. The van der Waals surface area contributed by atoms with Gasteiger partial charge in [-0.15, -0.1) is 0 Å². The monoisotopic (exact) mass is 517 g/mol. The second-order valence-corrected chi connectivity index (χ2v) is 9.69. The summed E-state index contributed by atoms with van der Waals surface area (Å²) in [5, 5.41) is 14.4. The van der Waals surface area contributed by atoms with Gasteiger partial charge in [0, 0.05) is 52.9 Å². The fraction of sp³-hybridized carbons (Fsp3) is 0.250. The van der Waals surface area contributed by atoms with Crippen molar-refractivity contribution >= 4 is 51.1 Å². The summed E-state index contributed by atoms with van der Waals surface area (Å²) in [6, 6.07) is 14.1. The maximum atomic E-state index is 13.1. The molecule has 1 aromatic heterocycles. The highest BCUT2D eigenvalue weighted by molar-refractivity contribution is 6.36. The first-order chi connectivity index (χ1) is 17.9. The molecule has 2 N–H and O–H groups in total. The van der Waals surface area contributed by atoms with Gasteiger partial charge in [0.25, 0.3) is 11.8 Å². The van der Waals surface area contributed by atoms with Gasteiger partial charge in [-0.1, -0.05) is 29.8 Å². The van der Waals surface area contributed by atoms with E-state index in [-0.39, 0.29) is 22.8 Å². The molecule has 1 saturated heterocycles. The van der Waals surface area contributed by atoms with E-state index in [0.29, 0.717) is 72.6 Å². The third-order valence-electron chi connectivity index (χ3n) is 7.12. The van der Waals surface area contributed by atoms with E-state index in [0.717, 1.165) is 11.0 Å². The van der Waals surface area contributed by atoms with Gasteiger partial charge in [0.05, 0.1) is 29.9 Å². The van der Waals surface area contributed by atoms with E-state index >= 15 is 0 Å². The highest BCUT2D eigenvalue weighted by atomic mass is 35.5. The zero-order valence-electron chi connectivity index (χ0n) is 19.9. The number of benzene rings is 3. The number of nitrogens with one attached hydrogen (secondary N) is 1. The second-order valence-electron chi connectivity index (χ2n) is 9.28. The van der Waals surface area contributed by atoms with Crippen molar-refractivity contribution in [1.29, 1.82) is 0 Å². The van der Waals surface area contributed by atoms with E-state index in [4.69, 9.17) is 16.3 Å². The Bertz CT molecular complexity index is 1600. The Kier molecular flexibility index (Phi) is 5.85. The molecule has 0 unspecified atom stereocenters. The molecular weight excluding hydrogens is 494 g/mol. The van der Waals surface area contributed by atoms with Crippen molar-refractivity contribution in [2.45, 2.75) is 19.4 Å². The van der Waals surface area contributed by atoms with Crippen LogP contribution in [0.15, 0.2) is 48.5 Å². The van der Waals surface area contributed by atoms with Crippen molar-refractivity contribution in [3.8, 4) is 16.9 Å². The fourth-order valence-corrected chi connectivity index (χ4v) is 5.66. The van der Waals surface area contributed by atoms with E-state index < -0.39 is 11.8 Å². The number of phenolic OH excluding ortho intramolecular Hbond substituents is 1. The van der Waals surface area contributed by atoms with Crippen LogP contribution in [0.25, 0.3) is 32.9 Å². The number of morpholine rings is 1. The number of aryl methyl sites for hydroxylation is 1. The number of rotatable bonds is 5. The third-order valence-corrected chi connectivity index (χ3v) is 7.45. The molecule has 3 amide bonds. The molecule has 9 heteroatoms. The van der Waals surface area contributed by atoms with E-state index in [9.17, 15) is 19.5 Å². The summed E-state index contributed by atoms with van der Waals surface area (Å²) in [7, 11) is 0. The van der Waals surface area contributed by atoms with Gasteiger partial charge in [-0.3, -0.25) is 19.7 Å². The zero-order chi connectivity index (χ0) is 25.7. The van der Waals surface area contributed by atoms with Crippen LogP contribution in [0.2, 0.25) is 5.02 Å². The van der Waals surface area contributed by atoms with Gasteiger partial charge in [0.2, 0.25) is 5.91 Å². The van der Waals surface area contributed by atoms with Crippen LogP contribution in [0.5, 0.6) is 5.75 Å². The summed E-state index contributed by atoms with van der Waals surface area (Å²) in [6.45, 7) is 2.82. The fourth-order valence-electron chi connectivity index (χ4n) is 5.43. The molecule has 2 aliphatic heterocycles. The van der Waals surface area contributed by atoms with Crippen LogP contribution >= 0.6 is 11.6 Å². The largest absolute Gasteiger partial charge is 0.508 e. The lowest BCUT2D eigenvalue weighted by Gasteiger charge is -2.26. The van der Waals surface area contributed by atoms with Crippen molar-refractivity contribution < 1.29 is 24.2 Å². The van der Waals surface area contributed by atoms with Gasteiger partial charge in [0.1, 0.15) is 5.75 Å². The SMILES string of the molecule is O=C1NC(=O)c2c1c(-c1ccccc1Cl)cc1c2c2cc(O)ccc2n1CCCC(=O)N1CCOCC1. The lowest BCUT2D eigenvalue weighted by Crippen LogP contribution is -2.40. The number of phenols is 1. The van der Waals surface area contributed by atoms with Crippen LogP contribution in [0.4, 0.5) is 0 Å². The number of fused-ring (bicyclic) bond motifs is 5. The maximum Gasteiger partial charge on any atom is 0.259 e. The average molecular weight is 518 g/mol. The number of ether oxygens (including phenoxy) is 1. The average Bonchev–Trinajstić information content (AvgIpc) is 3.37. The third kappa shape index (κ3) is 3.93. The molecule has 188 valence electrons. The summed E-state index contributed by atoms with van der Waals surface area (Å²) in [6.07, 6.45) is 0.958. The minimum Gasteiger partial charge on any atom is -0.508 e. The van der Waals surface area contributed by atoms with Crippen LogP contribution in [-0.2, 0) is 16.1 Å². The lowest BCUT2D eigenvalue weighted by atomic mass is 9.93. The van der Waals surface area contributed by atoms with Crippen molar-refractivity contribution in [2.75, 3.05) is 26.3 Å². The van der Waals surface area contributed by atoms with Gasteiger partial charge in [-0.05, 0) is 42.3 Å². The number of carbonyl (C=O) groups is 3. The molecule has 1 fully saturated rings. The first kappa shape index (κ1) is 23.5. The smallest absolute Gasteiger partial charge is 0.259 e. The van der Waals surface area contributed by atoms with Crippen LogP contribution in [0, 0.1) is 0 Å². The number of imide groups is 1. The molecule has 8 nitrogen and oxygen atoms in total. The van der Waals surface area contributed by atoms with Crippen molar-refractivity contribution in [1.82, 2.24) is 14.8 Å². The molecule has 3 aromatic carbocycles. The van der Waals surface area contributed by atoms with Crippen LogP contribution in [0.3, 0.4) is 0 Å². The number of hydrogen-bond donors (Lipinski definition) is 2. The Morgan fingerprint density at radius 3 is 2.51 bits per heavy atom. The van der Waals surface area contributed by atoms with Gasteiger partial charge in [-0.2, -0.15) is 0 Å². The van der Waals surface area contributed by atoms with Crippen molar-refractivity contribution in [3.05, 3.63) is 64.7 Å². The predicted octanol–water partition coefficient (Wildman–Crippen LogP) is 4.34. The minimum atomic E-state index is -0.483. The normalized spacial score (nSPS) is 15.4. The molecule has 3 heterocycles. The van der Waals surface area contributed by atoms with E-state index in [1.54, 1.807) is 30.3 Å². The van der Waals surface area contributed by atoms with Gasteiger partial charge < -0.3 is 19.3 Å². The lowest BCUT2D eigenvalue weighted by molar-refractivity contribution is -0.135. The number of hydrogen-bond acceptors (Lipinski definition) is 5. The standard InChI is InChI=1S/C28H24ClN3O5/c29-20-5-2-1-4-17(20)18-15-22-24(26-25(18)27(35)30-28(26)36)19-14-16(33)7-8-21(19)32(22)9-3-6-23(34)31-10-12-37-13-11-31/h1-2,4-5,7-8,14-15,33H,3,6,9-13H2,(H,30,35,36). The summed E-state index contributed by atoms with van der Waals surface area (Å²) in [4.78, 5) is 40.6. The molecule has 4 aromatic rings. The quantitative estimate of drug-likeness (QED) is 0.383. The molecule has 0 atom stereocenters. The van der Waals surface area contributed by atoms with E-state index in [1.807, 2.05) is 27.7 Å². The van der Waals surface area contributed by atoms with E-state index in [1.165, 1.54) is 0 Å². The molecule has 0 aliphatic carbocycles. The summed E-state index contributed by atoms with van der Waals surface area (Å²) in [5.74, 6) is -0.815. The Morgan fingerprint density at radius 2 is 1.73 bits per heavy atom. The van der Waals surface area contributed by atoms with Crippen molar-refractivity contribution in [2.24, 2.45) is 0 Å². The summed E-state index contributed by atoms with van der Waals surface area (Å²) in [5.41, 5.74) is 3.30. The van der Waals surface area contributed by atoms with Crippen molar-refractivity contribution in [3.63, 3.8) is 0 Å². The predicted molar refractivity (Wildman–Crippen MR) is 140 cm³/mol. The first-order valence-electron chi connectivity index (χ1n) is 12.2. The van der Waals surface area contributed by atoms with E-state index in [2.05, 4.69) is 5.32 Å². The number of aromatic hydroxyl groups is 1. The number of halogens is 1. The number of aromatic nitrogens is 1. The molecule has 0 saturated carbocycles. The van der Waals surface area contributed by atoms with Gasteiger partial charge >= 0.3 is 0 Å². The molecule has 0 bridgehead atoms. The molecule has 6 rings (SSSR count). The second kappa shape index (κ2) is 9.21. The minimum absolute atomic E-state index is 0.0581. The Labute approximate surface area is 217 Å². The summed E-state index contributed by atoms with van der Waals surface area (Å²) < 4.78 is 7.39.